The number of pyridine rings is 1. The van der Waals surface area contributed by atoms with Crippen molar-refractivity contribution in [2.75, 3.05) is 19.7 Å². The zero-order valence-corrected chi connectivity index (χ0v) is 11.3. The Balaban J connectivity index is 1.96. The fraction of sp³-hybridized carbons (Fsp3) is 0.667. The highest BCUT2D eigenvalue weighted by molar-refractivity contribution is 5.03. The Hall–Kier alpha value is -0.930. The smallest absolute Gasteiger partial charge is 0.0543 e. The lowest BCUT2D eigenvalue weighted by atomic mass is 9.86. The molecule has 1 fully saturated rings. The van der Waals surface area contributed by atoms with Gasteiger partial charge in [0.05, 0.1) is 5.69 Å². The van der Waals surface area contributed by atoms with E-state index in [0.29, 0.717) is 6.61 Å². The summed E-state index contributed by atoms with van der Waals surface area (Å²) in [6.07, 6.45) is 6.72. The van der Waals surface area contributed by atoms with Crippen LogP contribution in [0.2, 0.25) is 0 Å². The summed E-state index contributed by atoms with van der Waals surface area (Å²) in [5.74, 6) is 0. The van der Waals surface area contributed by atoms with Crippen LogP contribution in [0, 0.1) is 5.41 Å². The Morgan fingerprint density at radius 1 is 1.33 bits per heavy atom. The first kappa shape index (κ1) is 13.5. The summed E-state index contributed by atoms with van der Waals surface area (Å²) in [5.41, 5.74) is 1.26. The van der Waals surface area contributed by atoms with E-state index in [1.807, 2.05) is 18.3 Å². The van der Waals surface area contributed by atoms with E-state index in [1.54, 1.807) is 0 Å². The Morgan fingerprint density at radius 3 is 2.67 bits per heavy atom. The summed E-state index contributed by atoms with van der Waals surface area (Å²) < 4.78 is 0. The van der Waals surface area contributed by atoms with Crippen LogP contribution in [0.1, 0.15) is 38.3 Å². The van der Waals surface area contributed by atoms with Crippen molar-refractivity contribution in [3.63, 3.8) is 0 Å². The minimum atomic E-state index is 0.144. The zero-order chi connectivity index (χ0) is 12.8. The second kappa shape index (κ2) is 6.30. The number of nitrogens with zero attached hydrogens (tertiary/aromatic N) is 2. The summed E-state index contributed by atoms with van der Waals surface area (Å²) in [6, 6.07) is 6.06. The van der Waals surface area contributed by atoms with Crippen LogP contribution in [0.5, 0.6) is 0 Å². The maximum absolute atomic E-state index is 9.68. The van der Waals surface area contributed by atoms with E-state index in [-0.39, 0.29) is 5.41 Å². The summed E-state index contributed by atoms with van der Waals surface area (Å²) in [4.78, 5) is 6.79. The van der Waals surface area contributed by atoms with Crippen molar-refractivity contribution in [1.82, 2.24) is 9.88 Å². The molecular weight excluding hydrogens is 224 g/mol. The van der Waals surface area contributed by atoms with Gasteiger partial charge >= 0.3 is 0 Å². The summed E-state index contributed by atoms with van der Waals surface area (Å²) >= 11 is 0. The third-order valence-electron chi connectivity index (χ3n) is 4.12. The second-order valence-electron chi connectivity index (χ2n) is 5.49. The number of aliphatic hydroxyl groups excluding tert-OH is 1. The fourth-order valence-electron chi connectivity index (χ4n) is 2.97. The fourth-order valence-corrected chi connectivity index (χ4v) is 2.97. The first-order valence-corrected chi connectivity index (χ1v) is 7.01. The van der Waals surface area contributed by atoms with Crippen molar-refractivity contribution in [3.8, 4) is 0 Å². The molecule has 0 atom stereocenters. The lowest BCUT2D eigenvalue weighted by Crippen LogP contribution is -2.38. The van der Waals surface area contributed by atoms with Crippen molar-refractivity contribution in [3.05, 3.63) is 30.1 Å². The quantitative estimate of drug-likeness (QED) is 0.840. The average molecular weight is 248 g/mol. The average Bonchev–Trinajstić information content (AvgIpc) is 2.88. The second-order valence-corrected chi connectivity index (χ2v) is 5.49. The Labute approximate surface area is 110 Å². The summed E-state index contributed by atoms with van der Waals surface area (Å²) in [7, 11) is 0. The molecule has 1 aliphatic rings. The lowest BCUT2D eigenvalue weighted by molar-refractivity contribution is 0.0768. The number of rotatable bonds is 6. The largest absolute Gasteiger partial charge is 0.396 e. The van der Waals surface area contributed by atoms with Gasteiger partial charge < -0.3 is 5.11 Å². The van der Waals surface area contributed by atoms with Gasteiger partial charge in [-0.15, -0.1) is 0 Å². The SMILES string of the molecule is CCN(Cc1ccccn1)CC1(CO)CCCC1. The number of hydrogen-bond donors (Lipinski definition) is 1. The molecule has 0 saturated heterocycles. The first-order chi connectivity index (χ1) is 8.78. The molecule has 1 N–H and O–H groups in total. The van der Waals surface area contributed by atoms with Crippen LogP contribution >= 0.6 is 0 Å². The normalized spacial score (nSPS) is 18.4. The lowest BCUT2D eigenvalue weighted by Gasteiger charge is -2.33. The van der Waals surface area contributed by atoms with Crippen LogP contribution in [0.15, 0.2) is 24.4 Å². The van der Waals surface area contributed by atoms with Crippen molar-refractivity contribution in [2.24, 2.45) is 5.41 Å². The van der Waals surface area contributed by atoms with Gasteiger partial charge in [-0.05, 0) is 31.5 Å². The predicted octanol–water partition coefficient (Wildman–Crippen LogP) is 2.46. The van der Waals surface area contributed by atoms with Gasteiger partial charge in [-0.25, -0.2) is 0 Å². The molecule has 0 aromatic carbocycles. The number of hydrogen-bond acceptors (Lipinski definition) is 3. The summed E-state index contributed by atoms with van der Waals surface area (Å²) in [5, 5.41) is 9.68. The summed E-state index contributed by atoms with van der Waals surface area (Å²) in [6.45, 7) is 5.41. The monoisotopic (exact) mass is 248 g/mol. The molecule has 1 aromatic heterocycles. The minimum Gasteiger partial charge on any atom is -0.396 e. The third kappa shape index (κ3) is 3.30. The molecule has 0 radical (unpaired) electrons. The molecule has 100 valence electrons. The van der Waals surface area contributed by atoms with Gasteiger partial charge in [0.25, 0.3) is 0 Å². The van der Waals surface area contributed by atoms with Crippen LogP contribution in [0.25, 0.3) is 0 Å². The Kier molecular flexibility index (Phi) is 4.72. The molecule has 0 bridgehead atoms. The van der Waals surface area contributed by atoms with Gasteiger partial charge in [0.1, 0.15) is 0 Å². The standard InChI is InChI=1S/C15H24N2O/c1-2-17(11-14-7-3-6-10-16-14)12-15(13-18)8-4-5-9-15/h3,6-7,10,18H,2,4-5,8-9,11-13H2,1H3. The van der Waals surface area contributed by atoms with Gasteiger partial charge in [0.15, 0.2) is 0 Å². The molecule has 1 saturated carbocycles. The molecule has 1 aromatic rings. The van der Waals surface area contributed by atoms with E-state index >= 15 is 0 Å². The van der Waals surface area contributed by atoms with Crippen LogP contribution in [0.4, 0.5) is 0 Å². The molecule has 0 amide bonds. The molecule has 3 heteroatoms. The molecule has 3 nitrogen and oxygen atoms in total. The van der Waals surface area contributed by atoms with Gasteiger partial charge in [-0.3, -0.25) is 9.88 Å². The zero-order valence-electron chi connectivity index (χ0n) is 11.3. The van der Waals surface area contributed by atoms with Crippen LogP contribution < -0.4 is 0 Å². The molecule has 0 unspecified atom stereocenters. The maximum atomic E-state index is 9.68. The molecule has 0 spiro atoms. The van der Waals surface area contributed by atoms with Gasteiger partial charge in [-0.2, -0.15) is 0 Å². The van der Waals surface area contributed by atoms with Crippen molar-refractivity contribution >= 4 is 0 Å². The van der Waals surface area contributed by atoms with Crippen molar-refractivity contribution in [1.29, 1.82) is 0 Å². The van der Waals surface area contributed by atoms with Gasteiger partial charge in [0.2, 0.25) is 0 Å². The highest BCUT2D eigenvalue weighted by Crippen LogP contribution is 2.38. The number of aliphatic hydroxyl groups is 1. The van der Waals surface area contributed by atoms with E-state index in [2.05, 4.69) is 22.9 Å². The molecular formula is C15H24N2O. The van der Waals surface area contributed by atoms with Crippen LogP contribution in [-0.4, -0.2) is 34.7 Å². The van der Waals surface area contributed by atoms with Crippen LogP contribution in [-0.2, 0) is 6.54 Å². The van der Waals surface area contributed by atoms with E-state index < -0.39 is 0 Å². The first-order valence-electron chi connectivity index (χ1n) is 7.01. The Morgan fingerprint density at radius 2 is 2.11 bits per heavy atom. The minimum absolute atomic E-state index is 0.144. The molecule has 2 rings (SSSR count). The topological polar surface area (TPSA) is 36.4 Å². The molecule has 1 heterocycles. The third-order valence-corrected chi connectivity index (χ3v) is 4.12. The maximum Gasteiger partial charge on any atom is 0.0543 e. The van der Waals surface area contributed by atoms with E-state index in [0.717, 1.165) is 25.3 Å². The van der Waals surface area contributed by atoms with E-state index in [4.69, 9.17) is 0 Å². The van der Waals surface area contributed by atoms with E-state index in [1.165, 1.54) is 25.7 Å². The van der Waals surface area contributed by atoms with Crippen molar-refractivity contribution in [2.45, 2.75) is 39.2 Å². The predicted molar refractivity (Wildman–Crippen MR) is 73.2 cm³/mol. The highest BCUT2D eigenvalue weighted by atomic mass is 16.3. The number of aromatic nitrogens is 1. The molecule has 18 heavy (non-hydrogen) atoms. The van der Waals surface area contributed by atoms with Gasteiger partial charge in [-0.1, -0.05) is 25.8 Å². The Bertz CT molecular complexity index is 347. The van der Waals surface area contributed by atoms with E-state index in [9.17, 15) is 5.11 Å². The van der Waals surface area contributed by atoms with Crippen LogP contribution in [0.3, 0.4) is 0 Å². The molecule has 0 aliphatic heterocycles. The highest BCUT2D eigenvalue weighted by Gasteiger charge is 2.34. The van der Waals surface area contributed by atoms with Gasteiger partial charge in [0, 0.05) is 31.3 Å². The van der Waals surface area contributed by atoms with Crippen molar-refractivity contribution < 1.29 is 5.11 Å². The molecule has 1 aliphatic carbocycles.